The fraction of sp³-hybridized carbons (Fsp3) is 0.417. The lowest BCUT2D eigenvalue weighted by Gasteiger charge is -2.12. The van der Waals surface area contributed by atoms with E-state index in [2.05, 4.69) is 21.2 Å². The number of carbonyl (C=O) groups is 1. The van der Waals surface area contributed by atoms with Crippen LogP contribution in [0.5, 0.6) is 0 Å². The van der Waals surface area contributed by atoms with Crippen LogP contribution in [0.1, 0.15) is 17.3 Å². The van der Waals surface area contributed by atoms with Gasteiger partial charge in [-0.05, 0) is 34.0 Å². The van der Waals surface area contributed by atoms with Gasteiger partial charge in [-0.1, -0.05) is 6.92 Å². The number of benzene rings is 1. The third kappa shape index (κ3) is 5.03. The molecule has 1 rings (SSSR count). The maximum absolute atomic E-state index is 13.7. The van der Waals surface area contributed by atoms with Crippen LogP contribution in [0.4, 0.5) is 4.39 Å². The Labute approximate surface area is 131 Å². The molecule has 21 heavy (non-hydrogen) atoms. The summed E-state index contributed by atoms with van der Waals surface area (Å²) in [6, 6.07) is 1.97. The van der Waals surface area contributed by atoms with E-state index >= 15 is 0 Å². The van der Waals surface area contributed by atoms with Crippen LogP contribution >= 0.6 is 15.9 Å². The molecular weight excluding hydrogens is 367 g/mol. The Morgan fingerprint density at radius 2 is 2.14 bits per heavy atom. The zero-order chi connectivity index (χ0) is 16.2. The second-order valence-electron chi connectivity index (χ2n) is 4.59. The second kappa shape index (κ2) is 7.30. The summed E-state index contributed by atoms with van der Waals surface area (Å²) in [5, 5.41) is 7.56. The van der Waals surface area contributed by atoms with Crippen LogP contribution in [-0.2, 0) is 14.8 Å². The highest BCUT2D eigenvalue weighted by atomic mass is 79.9. The molecule has 0 aliphatic rings. The summed E-state index contributed by atoms with van der Waals surface area (Å²) in [5.74, 6) is -1.40. The topological polar surface area (TPSA) is 98.5 Å². The van der Waals surface area contributed by atoms with Gasteiger partial charge >= 0.3 is 0 Å². The number of hydrogen-bond acceptors (Lipinski definition) is 4. The molecule has 6 nitrogen and oxygen atoms in total. The van der Waals surface area contributed by atoms with Crippen LogP contribution in [0.25, 0.3) is 0 Å². The van der Waals surface area contributed by atoms with E-state index in [4.69, 9.17) is 9.88 Å². The average Bonchev–Trinajstić information content (AvgIpc) is 2.38. The van der Waals surface area contributed by atoms with Crippen molar-refractivity contribution in [3.05, 3.63) is 28.0 Å². The molecule has 1 amide bonds. The largest absolute Gasteiger partial charge is 0.384 e. The first-order valence-corrected chi connectivity index (χ1v) is 8.29. The van der Waals surface area contributed by atoms with Crippen molar-refractivity contribution in [1.29, 1.82) is 0 Å². The molecule has 1 unspecified atom stereocenters. The molecule has 0 aliphatic carbocycles. The van der Waals surface area contributed by atoms with Crippen molar-refractivity contribution in [3.8, 4) is 0 Å². The van der Waals surface area contributed by atoms with Gasteiger partial charge in [0, 0.05) is 19.2 Å². The number of amides is 1. The first-order chi connectivity index (χ1) is 9.66. The van der Waals surface area contributed by atoms with Gasteiger partial charge in [0.05, 0.1) is 16.0 Å². The summed E-state index contributed by atoms with van der Waals surface area (Å²) in [7, 11) is -2.60. The van der Waals surface area contributed by atoms with Gasteiger partial charge in [0.25, 0.3) is 5.91 Å². The molecule has 1 aromatic carbocycles. The summed E-state index contributed by atoms with van der Waals surface area (Å²) >= 11 is 2.80. The number of hydrogen-bond donors (Lipinski definition) is 2. The minimum Gasteiger partial charge on any atom is -0.384 e. The van der Waals surface area contributed by atoms with Crippen molar-refractivity contribution >= 4 is 31.9 Å². The molecule has 0 saturated heterocycles. The van der Waals surface area contributed by atoms with Gasteiger partial charge in [-0.25, -0.2) is 17.9 Å². The number of halogens is 2. The summed E-state index contributed by atoms with van der Waals surface area (Å²) < 4.78 is 41.0. The number of rotatable bonds is 6. The van der Waals surface area contributed by atoms with Crippen molar-refractivity contribution in [2.75, 3.05) is 20.3 Å². The maximum atomic E-state index is 13.7. The molecule has 0 spiro atoms. The summed E-state index contributed by atoms with van der Waals surface area (Å²) in [6.45, 7) is 2.63. The molecule has 1 aromatic rings. The van der Waals surface area contributed by atoms with E-state index in [-0.39, 0.29) is 16.0 Å². The fourth-order valence-corrected chi connectivity index (χ4v) is 3.16. The van der Waals surface area contributed by atoms with Crippen molar-refractivity contribution in [2.24, 2.45) is 11.1 Å². The SMILES string of the molecule is COCC(C)CNC(=O)c1cc(F)c(Br)c(S(N)(=O)=O)c1. The fourth-order valence-electron chi connectivity index (χ4n) is 1.61. The third-order valence-electron chi connectivity index (χ3n) is 2.63. The minimum absolute atomic E-state index is 0.0666. The molecule has 118 valence electrons. The van der Waals surface area contributed by atoms with Gasteiger partial charge in [0.2, 0.25) is 10.0 Å². The highest BCUT2D eigenvalue weighted by Gasteiger charge is 2.20. The van der Waals surface area contributed by atoms with E-state index in [1.165, 1.54) is 0 Å². The molecule has 1 atom stereocenters. The highest BCUT2D eigenvalue weighted by molar-refractivity contribution is 9.10. The number of sulfonamides is 1. The minimum atomic E-state index is -4.14. The first kappa shape index (κ1) is 18.0. The van der Waals surface area contributed by atoms with Crippen LogP contribution in [-0.4, -0.2) is 34.6 Å². The van der Waals surface area contributed by atoms with E-state index in [1.807, 2.05) is 6.92 Å². The Balaban J connectivity index is 2.99. The van der Waals surface area contributed by atoms with Crippen LogP contribution in [0.2, 0.25) is 0 Å². The molecule has 0 fully saturated rings. The molecule has 0 heterocycles. The van der Waals surface area contributed by atoms with Gasteiger partial charge in [0.15, 0.2) is 0 Å². The summed E-state index contributed by atoms with van der Waals surface area (Å²) in [5.41, 5.74) is -0.121. The van der Waals surface area contributed by atoms with Gasteiger partial charge in [0.1, 0.15) is 5.82 Å². The lowest BCUT2D eigenvalue weighted by molar-refractivity contribution is 0.0933. The van der Waals surface area contributed by atoms with Crippen LogP contribution in [0.15, 0.2) is 21.5 Å². The van der Waals surface area contributed by atoms with Crippen LogP contribution in [0, 0.1) is 11.7 Å². The zero-order valence-electron chi connectivity index (χ0n) is 11.5. The summed E-state index contributed by atoms with van der Waals surface area (Å²) in [6.07, 6.45) is 0. The molecule has 9 heteroatoms. The number of nitrogens with one attached hydrogen (secondary N) is 1. The molecule has 0 bridgehead atoms. The maximum Gasteiger partial charge on any atom is 0.251 e. The molecule has 0 aliphatic heterocycles. The van der Waals surface area contributed by atoms with E-state index in [9.17, 15) is 17.6 Å². The smallest absolute Gasteiger partial charge is 0.251 e. The Bertz CT molecular complexity index is 636. The Morgan fingerprint density at radius 3 is 2.67 bits per heavy atom. The molecule has 0 saturated carbocycles. The predicted molar refractivity (Wildman–Crippen MR) is 78.8 cm³/mol. The number of primary sulfonamides is 1. The average molecular weight is 383 g/mol. The van der Waals surface area contributed by atoms with Gasteiger partial charge in [-0.15, -0.1) is 0 Å². The molecule has 0 aromatic heterocycles. The zero-order valence-corrected chi connectivity index (χ0v) is 13.9. The van der Waals surface area contributed by atoms with Crippen molar-refractivity contribution in [1.82, 2.24) is 5.32 Å². The quantitative estimate of drug-likeness (QED) is 0.773. The van der Waals surface area contributed by atoms with Crippen molar-refractivity contribution < 1.29 is 22.3 Å². The van der Waals surface area contributed by atoms with Gasteiger partial charge in [-0.2, -0.15) is 0 Å². The number of carbonyl (C=O) groups excluding carboxylic acids is 1. The monoisotopic (exact) mass is 382 g/mol. The standard InChI is InChI=1S/C12H16BrFN2O4S/c1-7(6-20-2)5-16-12(17)8-3-9(14)11(13)10(4-8)21(15,18)19/h3-4,7H,5-6H2,1-2H3,(H,16,17)(H2,15,18,19). The number of methoxy groups -OCH3 is 1. The lowest BCUT2D eigenvalue weighted by atomic mass is 10.1. The highest BCUT2D eigenvalue weighted by Crippen LogP contribution is 2.25. The molecular formula is C12H16BrFN2O4S. The Kier molecular flexibility index (Phi) is 6.26. The molecule has 3 N–H and O–H groups in total. The van der Waals surface area contributed by atoms with Crippen LogP contribution < -0.4 is 10.5 Å². The van der Waals surface area contributed by atoms with Crippen molar-refractivity contribution in [2.45, 2.75) is 11.8 Å². The summed E-state index contributed by atoms with van der Waals surface area (Å²) in [4.78, 5) is 11.5. The van der Waals surface area contributed by atoms with E-state index in [0.717, 1.165) is 12.1 Å². The van der Waals surface area contributed by atoms with Gasteiger partial charge < -0.3 is 10.1 Å². The number of ether oxygens (including phenoxy) is 1. The third-order valence-corrected chi connectivity index (χ3v) is 4.63. The molecule has 0 radical (unpaired) electrons. The van der Waals surface area contributed by atoms with Gasteiger partial charge in [-0.3, -0.25) is 4.79 Å². The van der Waals surface area contributed by atoms with E-state index in [1.54, 1.807) is 7.11 Å². The first-order valence-electron chi connectivity index (χ1n) is 5.95. The predicted octanol–water partition coefficient (Wildman–Crippen LogP) is 1.25. The lowest BCUT2D eigenvalue weighted by Crippen LogP contribution is -2.30. The normalized spacial score (nSPS) is 13.0. The Hall–Kier alpha value is -1.03. The second-order valence-corrected chi connectivity index (χ2v) is 6.91. The Morgan fingerprint density at radius 1 is 1.52 bits per heavy atom. The van der Waals surface area contributed by atoms with E-state index in [0.29, 0.717) is 13.2 Å². The van der Waals surface area contributed by atoms with Crippen molar-refractivity contribution in [3.63, 3.8) is 0 Å². The number of nitrogens with two attached hydrogens (primary N) is 1. The van der Waals surface area contributed by atoms with Crippen LogP contribution in [0.3, 0.4) is 0 Å². The van der Waals surface area contributed by atoms with E-state index < -0.39 is 26.6 Å².